The number of carbonyl (C=O) groups excluding carboxylic acids is 1. The highest BCUT2D eigenvalue weighted by molar-refractivity contribution is 14.0. The Morgan fingerprint density at radius 1 is 1.17 bits per heavy atom. The third kappa shape index (κ3) is 12.2. The molecule has 1 rings (SSSR count). The van der Waals surface area contributed by atoms with Crippen LogP contribution >= 0.6 is 35.6 Å². The first-order chi connectivity index (χ1) is 5.13. The van der Waals surface area contributed by atoms with E-state index >= 15 is 0 Å². The van der Waals surface area contributed by atoms with Gasteiger partial charge in [-0.05, 0) is 12.1 Å². The number of benzene rings is 1. The first-order valence-electron chi connectivity index (χ1n) is 2.88. The summed E-state index contributed by atoms with van der Waals surface area (Å²) in [6, 6.07) is 8.61. The lowest BCUT2D eigenvalue weighted by atomic mass is 10.4. The zero-order valence-corrected chi connectivity index (χ0v) is 9.32. The average Bonchev–Trinajstić information content (AvgIpc) is 1.87. The standard InChI is InChI=1S/C6H5Cl.CH4N2O.HI/c7-6-4-2-1-3-5-6;2-1(3)4;/h1-5H;(H4,2,3,4);1H. The van der Waals surface area contributed by atoms with Crippen LogP contribution in [0.2, 0.25) is 5.02 Å². The molecule has 2 amide bonds. The van der Waals surface area contributed by atoms with Crippen molar-refractivity contribution in [2.24, 2.45) is 11.5 Å². The number of nitrogens with two attached hydrogens (primary N) is 2. The summed E-state index contributed by atoms with van der Waals surface area (Å²) in [5.74, 6) is 0. The van der Waals surface area contributed by atoms with Crippen molar-refractivity contribution in [3.05, 3.63) is 35.4 Å². The second kappa shape index (κ2) is 8.61. The first kappa shape index (κ1) is 14.1. The van der Waals surface area contributed by atoms with Gasteiger partial charge in [0.25, 0.3) is 0 Å². The van der Waals surface area contributed by atoms with Crippen molar-refractivity contribution >= 4 is 41.6 Å². The minimum absolute atomic E-state index is 0. The zero-order chi connectivity index (χ0) is 8.69. The van der Waals surface area contributed by atoms with E-state index in [4.69, 9.17) is 16.4 Å². The summed E-state index contributed by atoms with van der Waals surface area (Å²) in [7, 11) is 0. The van der Waals surface area contributed by atoms with Gasteiger partial charge in [0, 0.05) is 5.02 Å². The number of rotatable bonds is 0. The van der Waals surface area contributed by atoms with Crippen LogP contribution in [0.1, 0.15) is 0 Å². The summed E-state index contributed by atoms with van der Waals surface area (Å²) in [4.78, 5) is 9.00. The van der Waals surface area contributed by atoms with Gasteiger partial charge in [-0.3, -0.25) is 0 Å². The average molecular weight is 301 g/mol. The summed E-state index contributed by atoms with van der Waals surface area (Å²) in [6.07, 6.45) is 0. The van der Waals surface area contributed by atoms with Crippen LogP contribution in [-0.2, 0) is 0 Å². The molecule has 3 nitrogen and oxygen atoms in total. The fourth-order valence-electron chi connectivity index (χ4n) is 0.415. The van der Waals surface area contributed by atoms with Crippen LogP contribution in [0.3, 0.4) is 0 Å². The molecular formula is C7H10ClIN2O. The number of urea groups is 1. The van der Waals surface area contributed by atoms with Crippen molar-refractivity contribution in [1.82, 2.24) is 0 Å². The molecule has 1 aromatic carbocycles. The maximum absolute atomic E-state index is 9.00. The molecule has 0 saturated carbocycles. The van der Waals surface area contributed by atoms with E-state index in [1.54, 1.807) is 0 Å². The summed E-state index contributed by atoms with van der Waals surface area (Å²) >= 11 is 5.54. The SMILES string of the molecule is Clc1ccccc1.I.NC(N)=O. The minimum Gasteiger partial charge on any atom is -0.352 e. The van der Waals surface area contributed by atoms with Crippen molar-refractivity contribution in [2.75, 3.05) is 0 Å². The molecule has 0 aliphatic rings. The summed E-state index contributed by atoms with van der Waals surface area (Å²) in [5, 5.41) is 0.794. The number of carbonyl (C=O) groups is 1. The van der Waals surface area contributed by atoms with Gasteiger partial charge in [0.1, 0.15) is 0 Å². The van der Waals surface area contributed by atoms with E-state index in [9.17, 15) is 0 Å². The minimum atomic E-state index is -0.833. The van der Waals surface area contributed by atoms with Gasteiger partial charge in [-0.2, -0.15) is 0 Å². The van der Waals surface area contributed by atoms with Gasteiger partial charge in [0.2, 0.25) is 0 Å². The molecular weight excluding hydrogens is 290 g/mol. The molecule has 0 fully saturated rings. The molecule has 4 N–H and O–H groups in total. The van der Waals surface area contributed by atoms with Gasteiger partial charge >= 0.3 is 6.03 Å². The summed E-state index contributed by atoms with van der Waals surface area (Å²) in [5.41, 5.74) is 8.50. The second-order valence-corrected chi connectivity index (χ2v) is 2.13. The molecule has 0 bridgehead atoms. The Hall–Kier alpha value is -0.490. The van der Waals surface area contributed by atoms with E-state index in [1.165, 1.54) is 0 Å². The van der Waals surface area contributed by atoms with Gasteiger partial charge in [-0.15, -0.1) is 24.0 Å². The number of hydrogen-bond donors (Lipinski definition) is 2. The van der Waals surface area contributed by atoms with Crippen molar-refractivity contribution in [3.63, 3.8) is 0 Å². The maximum atomic E-state index is 9.00. The Labute approximate surface area is 93.1 Å². The van der Waals surface area contributed by atoms with E-state index < -0.39 is 6.03 Å². The lowest BCUT2D eigenvalue weighted by Crippen LogP contribution is -2.18. The van der Waals surface area contributed by atoms with Crippen LogP contribution in [0.4, 0.5) is 4.79 Å². The van der Waals surface area contributed by atoms with Gasteiger partial charge < -0.3 is 11.5 Å². The molecule has 5 heteroatoms. The molecule has 0 aliphatic carbocycles. The highest BCUT2D eigenvalue weighted by Crippen LogP contribution is 2.03. The van der Waals surface area contributed by atoms with Crippen molar-refractivity contribution in [2.45, 2.75) is 0 Å². The fraction of sp³-hybridized carbons (Fsp3) is 0. The molecule has 0 heterocycles. The summed E-state index contributed by atoms with van der Waals surface area (Å²) < 4.78 is 0. The predicted molar refractivity (Wildman–Crippen MR) is 60.6 cm³/mol. The Morgan fingerprint density at radius 3 is 1.67 bits per heavy atom. The van der Waals surface area contributed by atoms with Crippen LogP contribution in [0.15, 0.2) is 30.3 Å². The Kier molecular flexibility index (Phi) is 10.1. The predicted octanol–water partition coefficient (Wildman–Crippen LogP) is 1.98. The highest BCUT2D eigenvalue weighted by atomic mass is 127. The van der Waals surface area contributed by atoms with Gasteiger partial charge in [0.05, 0.1) is 0 Å². The summed E-state index contributed by atoms with van der Waals surface area (Å²) in [6.45, 7) is 0. The molecule has 68 valence electrons. The molecule has 0 spiro atoms. The van der Waals surface area contributed by atoms with Crippen LogP contribution in [-0.4, -0.2) is 6.03 Å². The quantitative estimate of drug-likeness (QED) is 0.707. The van der Waals surface area contributed by atoms with Crippen LogP contribution in [0, 0.1) is 0 Å². The second-order valence-electron chi connectivity index (χ2n) is 1.70. The number of hydrogen-bond acceptors (Lipinski definition) is 1. The first-order valence-corrected chi connectivity index (χ1v) is 3.26. The van der Waals surface area contributed by atoms with E-state index in [1.807, 2.05) is 30.3 Å². The Bertz CT molecular complexity index is 214. The van der Waals surface area contributed by atoms with Gasteiger partial charge in [0.15, 0.2) is 0 Å². The zero-order valence-electron chi connectivity index (χ0n) is 6.24. The molecule has 0 unspecified atom stereocenters. The number of primary amides is 2. The largest absolute Gasteiger partial charge is 0.352 e. The molecule has 0 aromatic heterocycles. The lowest BCUT2D eigenvalue weighted by Gasteiger charge is -1.80. The molecule has 12 heavy (non-hydrogen) atoms. The van der Waals surface area contributed by atoms with Crippen molar-refractivity contribution in [1.29, 1.82) is 0 Å². The van der Waals surface area contributed by atoms with Crippen molar-refractivity contribution < 1.29 is 4.79 Å². The van der Waals surface area contributed by atoms with Crippen molar-refractivity contribution in [3.8, 4) is 0 Å². The smallest absolute Gasteiger partial charge is 0.309 e. The normalized spacial score (nSPS) is 7.08. The Balaban J connectivity index is 0. The van der Waals surface area contributed by atoms with Crippen LogP contribution in [0.5, 0.6) is 0 Å². The molecule has 1 aromatic rings. The number of amides is 2. The van der Waals surface area contributed by atoms with E-state index in [0.29, 0.717) is 0 Å². The highest BCUT2D eigenvalue weighted by Gasteiger charge is 1.74. The van der Waals surface area contributed by atoms with E-state index in [-0.39, 0.29) is 24.0 Å². The topological polar surface area (TPSA) is 69.1 Å². The lowest BCUT2D eigenvalue weighted by molar-refractivity contribution is 0.256. The number of halogens is 2. The molecule has 0 aliphatic heterocycles. The third-order valence-electron chi connectivity index (χ3n) is 0.733. The third-order valence-corrected chi connectivity index (χ3v) is 0.985. The molecule has 0 atom stereocenters. The van der Waals surface area contributed by atoms with E-state index in [2.05, 4.69) is 11.5 Å². The van der Waals surface area contributed by atoms with Gasteiger partial charge in [-0.25, -0.2) is 4.79 Å². The van der Waals surface area contributed by atoms with Gasteiger partial charge in [-0.1, -0.05) is 29.8 Å². The molecule has 0 radical (unpaired) electrons. The van der Waals surface area contributed by atoms with Crippen LogP contribution in [0.25, 0.3) is 0 Å². The van der Waals surface area contributed by atoms with E-state index in [0.717, 1.165) is 5.02 Å². The maximum Gasteiger partial charge on any atom is 0.309 e. The molecule has 0 saturated heterocycles. The monoisotopic (exact) mass is 300 g/mol. The Morgan fingerprint density at radius 2 is 1.50 bits per heavy atom. The fourth-order valence-corrected chi connectivity index (χ4v) is 0.560. The van der Waals surface area contributed by atoms with Crippen LogP contribution < -0.4 is 11.5 Å².